The molecule has 0 bridgehead atoms. The molecule has 4 heterocycles. The van der Waals surface area contributed by atoms with Crippen LogP contribution in [-0.2, 0) is 37.9 Å². The fraction of sp³-hybridized carbons (Fsp3) is 0.778. The molecule has 2 aliphatic carbocycles. The maximum Gasteiger partial charge on any atom is 0.178 e. The molecule has 15 heteroatoms. The van der Waals surface area contributed by atoms with E-state index in [9.17, 15) is 0 Å². The van der Waals surface area contributed by atoms with Crippen LogP contribution >= 0.6 is 0 Å². The van der Waals surface area contributed by atoms with Crippen LogP contribution in [0.25, 0.3) is 0 Å². The third kappa shape index (κ3) is 18.8. The number of nitriles is 4. The number of rotatable bonds is 0. The zero-order valence-electron chi connectivity index (χ0n) is 30.2. The zero-order valence-corrected chi connectivity index (χ0v) is 33.4. The topological polar surface area (TPSA) is 195 Å². The zero-order chi connectivity index (χ0) is 35.5. The van der Waals surface area contributed by atoms with Gasteiger partial charge in [-0.15, -0.1) is 0 Å². The van der Waals surface area contributed by atoms with Crippen molar-refractivity contribution >= 4 is 51.4 Å². The van der Waals surface area contributed by atoms with E-state index >= 15 is 0 Å². The van der Waals surface area contributed by atoms with E-state index < -0.39 is 0 Å². The van der Waals surface area contributed by atoms with Gasteiger partial charge in [0.15, 0.2) is 22.8 Å². The molecule has 2 saturated carbocycles. The smallest absolute Gasteiger partial charge is 0.178 e. The SMILES string of the molecule is C1CCOC1.C1CCOC1.C1CC[C@H]2OCCOCCO[C@@H]3CCCC[C@@H]3OCCOCCO[C@H]2C1.N#Cc1nc(C#N)c(C#N)nc1C#N.[K]. The van der Waals surface area contributed by atoms with Crippen molar-refractivity contribution in [2.24, 2.45) is 0 Å². The average molecular weight is 736 g/mol. The van der Waals surface area contributed by atoms with Crippen molar-refractivity contribution in [1.82, 2.24) is 9.97 Å². The van der Waals surface area contributed by atoms with E-state index in [-0.39, 0.29) is 98.6 Å². The van der Waals surface area contributed by atoms with Crippen LogP contribution in [0.4, 0.5) is 0 Å². The van der Waals surface area contributed by atoms with E-state index in [4.69, 9.17) is 58.9 Å². The molecule has 4 atom stereocenters. The van der Waals surface area contributed by atoms with Crippen LogP contribution in [0.5, 0.6) is 0 Å². The number of nitrogens with zero attached hydrogens (tertiary/aromatic N) is 6. The average Bonchev–Trinajstić information content (AvgIpc) is 3.95. The molecule has 0 spiro atoms. The molecule has 0 aromatic carbocycles. The van der Waals surface area contributed by atoms with Crippen LogP contribution in [0.15, 0.2) is 0 Å². The fourth-order valence-electron chi connectivity index (χ4n) is 5.89. The second-order valence-electron chi connectivity index (χ2n) is 12.1. The Kier molecular flexibility index (Phi) is 26.6. The van der Waals surface area contributed by atoms with Crippen LogP contribution in [-0.4, -0.2) is 165 Å². The van der Waals surface area contributed by atoms with Crippen molar-refractivity contribution in [3.8, 4) is 24.3 Å². The molecule has 51 heavy (non-hydrogen) atoms. The quantitative estimate of drug-likeness (QED) is 0.348. The first-order valence-electron chi connectivity index (χ1n) is 18.0. The summed E-state index contributed by atoms with van der Waals surface area (Å²) in [4.78, 5) is 7.04. The van der Waals surface area contributed by atoms with Crippen LogP contribution < -0.4 is 0 Å². The van der Waals surface area contributed by atoms with Gasteiger partial charge in [-0.2, -0.15) is 21.0 Å². The summed E-state index contributed by atoms with van der Waals surface area (Å²) in [6.07, 6.45) is 15.0. The molecule has 6 rings (SSSR count). The Morgan fingerprint density at radius 1 is 0.353 bits per heavy atom. The molecular formula is C36H52KN6O8. The van der Waals surface area contributed by atoms with Crippen LogP contribution in [0.1, 0.15) is 99.8 Å². The summed E-state index contributed by atoms with van der Waals surface area (Å²) < 4.78 is 45.4. The van der Waals surface area contributed by atoms with Crippen molar-refractivity contribution in [3.05, 3.63) is 22.8 Å². The third-order valence-electron chi connectivity index (χ3n) is 8.50. The van der Waals surface area contributed by atoms with Crippen LogP contribution in [0, 0.1) is 45.3 Å². The van der Waals surface area contributed by atoms with E-state index in [2.05, 4.69) is 9.97 Å². The van der Waals surface area contributed by atoms with Gasteiger partial charge < -0.3 is 37.9 Å². The van der Waals surface area contributed by atoms with Crippen molar-refractivity contribution in [2.75, 3.05) is 79.3 Å². The van der Waals surface area contributed by atoms with Crippen molar-refractivity contribution in [2.45, 2.75) is 101 Å². The normalized spacial score (nSPS) is 25.6. The number of hydrogen-bond donors (Lipinski definition) is 0. The van der Waals surface area contributed by atoms with Crippen molar-refractivity contribution < 1.29 is 37.9 Å². The molecule has 0 amide bonds. The molecule has 5 aliphatic rings. The molecule has 1 aromatic rings. The minimum absolute atomic E-state index is 0. The summed E-state index contributed by atoms with van der Waals surface area (Å²) in [6.45, 7) is 8.93. The van der Waals surface area contributed by atoms with Gasteiger partial charge in [0.2, 0.25) is 0 Å². The summed E-state index contributed by atoms with van der Waals surface area (Å²) >= 11 is 0. The molecule has 14 nitrogen and oxygen atoms in total. The Balaban J connectivity index is 0.000000297. The molecule has 1 radical (unpaired) electrons. The van der Waals surface area contributed by atoms with E-state index in [1.165, 1.54) is 51.4 Å². The van der Waals surface area contributed by atoms with Gasteiger partial charge in [0.25, 0.3) is 0 Å². The minimum Gasteiger partial charge on any atom is -0.381 e. The number of fused-ring (bicyclic) bond motifs is 2. The van der Waals surface area contributed by atoms with E-state index in [0.717, 1.165) is 52.1 Å². The standard InChI is InChI=1S/C20H36O6.C8N6.2C4H8O.K/c1-2-6-18-17(5-1)23-13-9-21-11-15-25-19-7-3-4-8-20(19)26-16-12-22-10-14-24-18;9-1-5-6(2-10)14-8(4-12)7(3-11)13-5;2*1-2-4-5-3-1;/h17-20H,1-16H2;;2*1-4H2;/t17-,18+,19-,20+;;;;. The van der Waals surface area contributed by atoms with Crippen molar-refractivity contribution in [3.63, 3.8) is 0 Å². The maximum absolute atomic E-state index is 8.54. The summed E-state index contributed by atoms with van der Waals surface area (Å²) in [7, 11) is 0. The van der Waals surface area contributed by atoms with Gasteiger partial charge in [-0.25, -0.2) is 9.97 Å². The Bertz CT molecular complexity index is 1070. The summed E-state index contributed by atoms with van der Waals surface area (Å²) in [5.74, 6) is 0. The van der Waals surface area contributed by atoms with Gasteiger partial charge in [-0.3, -0.25) is 0 Å². The number of hydrogen-bond acceptors (Lipinski definition) is 14. The minimum atomic E-state index is -0.247. The summed E-state index contributed by atoms with van der Waals surface area (Å²) in [6, 6.07) is 6.46. The second-order valence-corrected chi connectivity index (χ2v) is 12.1. The molecule has 1 aromatic heterocycles. The predicted molar refractivity (Wildman–Crippen MR) is 184 cm³/mol. The van der Waals surface area contributed by atoms with Crippen LogP contribution in [0.3, 0.4) is 0 Å². The third-order valence-corrected chi connectivity index (χ3v) is 8.50. The molecule has 0 N–H and O–H groups in total. The summed E-state index contributed by atoms with van der Waals surface area (Å²) in [5, 5.41) is 34.1. The van der Waals surface area contributed by atoms with Gasteiger partial charge in [-0.05, 0) is 51.4 Å². The van der Waals surface area contributed by atoms with Crippen molar-refractivity contribution in [1.29, 1.82) is 21.0 Å². The van der Waals surface area contributed by atoms with E-state index in [1.807, 2.05) is 0 Å². The van der Waals surface area contributed by atoms with Gasteiger partial charge >= 0.3 is 0 Å². The monoisotopic (exact) mass is 735 g/mol. The molecular weight excluding hydrogens is 684 g/mol. The molecule has 275 valence electrons. The van der Waals surface area contributed by atoms with Crippen LogP contribution in [0.2, 0.25) is 0 Å². The Labute approximate surface area is 345 Å². The molecule has 0 unspecified atom stereocenters. The van der Waals surface area contributed by atoms with Gasteiger partial charge in [0, 0.05) is 77.8 Å². The van der Waals surface area contributed by atoms with Gasteiger partial charge in [0.05, 0.1) is 77.3 Å². The number of aromatic nitrogens is 2. The Morgan fingerprint density at radius 3 is 0.784 bits per heavy atom. The molecule has 3 saturated heterocycles. The first-order valence-corrected chi connectivity index (χ1v) is 18.0. The van der Waals surface area contributed by atoms with Gasteiger partial charge in [-0.1, -0.05) is 25.7 Å². The Morgan fingerprint density at radius 2 is 0.588 bits per heavy atom. The van der Waals surface area contributed by atoms with E-state index in [0.29, 0.717) is 52.9 Å². The predicted octanol–water partition coefficient (Wildman–Crippen LogP) is 3.90. The fourth-order valence-corrected chi connectivity index (χ4v) is 5.89. The van der Waals surface area contributed by atoms with Gasteiger partial charge in [0.1, 0.15) is 24.3 Å². The molecule has 3 aliphatic heterocycles. The second kappa shape index (κ2) is 29.8. The van der Waals surface area contributed by atoms with E-state index in [1.54, 1.807) is 24.3 Å². The number of ether oxygens (including phenoxy) is 8. The first-order chi connectivity index (χ1) is 24.7. The summed E-state index contributed by atoms with van der Waals surface area (Å²) in [5.41, 5.74) is -0.989. The maximum atomic E-state index is 8.54. The Hall–Kier alpha value is -1.64. The molecule has 5 fully saturated rings. The first kappa shape index (κ1) is 45.5. The largest absolute Gasteiger partial charge is 0.381 e.